The predicted molar refractivity (Wildman–Crippen MR) is 80.2 cm³/mol. The Morgan fingerprint density at radius 3 is 2.53 bits per heavy atom. The smallest absolute Gasteiger partial charge is 0.306 e. The van der Waals surface area contributed by atoms with Crippen molar-refractivity contribution in [2.75, 3.05) is 0 Å². The SMILES string of the molecule is CCCCC(CC)CC1CC(CC)CCC1C(=O)O. The van der Waals surface area contributed by atoms with Crippen LogP contribution >= 0.6 is 0 Å². The van der Waals surface area contributed by atoms with Crippen molar-refractivity contribution in [3.05, 3.63) is 0 Å². The van der Waals surface area contributed by atoms with Gasteiger partial charge in [-0.05, 0) is 43.4 Å². The third-order valence-corrected chi connectivity index (χ3v) is 5.16. The molecule has 0 amide bonds. The van der Waals surface area contributed by atoms with E-state index in [-0.39, 0.29) is 5.92 Å². The average Bonchev–Trinajstić information content (AvgIpc) is 2.42. The molecule has 1 rings (SSSR count). The molecule has 1 aliphatic carbocycles. The number of unbranched alkanes of at least 4 members (excludes halogenated alkanes) is 1. The zero-order valence-electron chi connectivity index (χ0n) is 13.0. The molecule has 0 aromatic carbocycles. The van der Waals surface area contributed by atoms with Crippen LogP contribution in [0.1, 0.15) is 78.6 Å². The van der Waals surface area contributed by atoms with E-state index in [4.69, 9.17) is 0 Å². The summed E-state index contributed by atoms with van der Waals surface area (Å²) >= 11 is 0. The summed E-state index contributed by atoms with van der Waals surface area (Å²) in [6.07, 6.45) is 10.6. The maximum atomic E-state index is 11.4. The van der Waals surface area contributed by atoms with Gasteiger partial charge in [-0.25, -0.2) is 0 Å². The zero-order chi connectivity index (χ0) is 14.3. The maximum absolute atomic E-state index is 11.4. The lowest BCUT2D eigenvalue weighted by atomic mass is 9.69. The molecule has 0 aromatic rings. The van der Waals surface area contributed by atoms with E-state index in [1.165, 1.54) is 32.1 Å². The lowest BCUT2D eigenvalue weighted by Gasteiger charge is -2.35. The van der Waals surface area contributed by atoms with Crippen LogP contribution in [0.2, 0.25) is 0 Å². The molecule has 0 aromatic heterocycles. The molecule has 1 fully saturated rings. The molecule has 1 aliphatic rings. The summed E-state index contributed by atoms with van der Waals surface area (Å²) < 4.78 is 0. The standard InChI is InChI=1S/C17H32O2/c1-4-7-8-13(5-2)11-15-12-14(6-3)9-10-16(15)17(18)19/h13-16H,4-12H2,1-3H3,(H,18,19). The van der Waals surface area contributed by atoms with E-state index >= 15 is 0 Å². The Bertz CT molecular complexity index is 262. The van der Waals surface area contributed by atoms with Crippen molar-refractivity contribution < 1.29 is 9.90 Å². The minimum Gasteiger partial charge on any atom is -0.481 e. The van der Waals surface area contributed by atoms with Gasteiger partial charge in [0.2, 0.25) is 0 Å². The van der Waals surface area contributed by atoms with E-state index in [2.05, 4.69) is 20.8 Å². The minimum absolute atomic E-state index is 0.0709. The van der Waals surface area contributed by atoms with Gasteiger partial charge in [-0.15, -0.1) is 0 Å². The molecule has 0 spiro atoms. The highest BCUT2D eigenvalue weighted by Gasteiger charge is 2.35. The quantitative estimate of drug-likeness (QED) is 0.663. The third-order valence-electron chi connectivity index (χ3n) is 5.16. The van der Waals surface area contributed by atoms with Gasteiger partial charge < -0.3 is 5.11 Å². The summed E-state index contributed by atoms with van der Waals surface area (Å²) in [6.45, 7) is 6.74. The number of hydrogen-bond donors (Lipinski definition) is 1. The molecule has 2 heteroatoms. The fourth-order valence-corrected chi connectivity index (χ4v) is 3.73. The first-order chi connectivity index (χ1) is 9.12. The lowest BCUT2D eigenvalue weighted by molar-refractivity contribution is -0.145. The molecule has 19 heavy (non-hydrogen) atoms. The number of carboxylic acids is 1. The van der Waals surface area contributed by atoms with Crippen molar-refractivity contribution in [1.29, 1.82) is 0 Å². The Hall–Kier alpha value is -0.530. The highest BCUT2D eigenvalue weighted by atomic mass is 16.4. The first-order valence-corrected chi connectivity index (χ1v) is 8.35. The van der Waals surface area contributed by atoms with Crippen LogP contribution in [0.15, 0.2) is 0 Å². The van der Waals surface area contributed by atoms with Gasteiger partial charge in [-0.1, -0.05) is 52.9 Å². The van der Waals surface area contributed by atoms with Gasteiger partial charge in [0.15, 0.2) is 0 Å². The van der Waals surface area contributed by atoms with Gasteiger partial charge in [0.1, 0.15) is 0 Å². The summed E-state index contributed by atoms with van der Waals surface area (Å²) in [4.78, 5) is 11.4. The molecule has 0 aliphatic heterocycles. The van der Waals surface area contributed by atoms with Crippen molar-refractivity contribution >= 4 is 5.97 Å². The van der Waals surface area contributed by atoms with Crippen LogP contribution in [-0.4, -0.2) is 11.1 Å². The van der Waals surface area contributed by atoms with Gasteiger partial charge in [0, 0.05) is 0 Å². The Morgan fingerprint density at radius 1 is 1.26 bits per heavy atom. The summed E-state index contributed by atoms with van der Waals surface area (Å²) in [5.74, 6) is 1.31. The molecule has 0 bridgehead atoms. The fraction of sp³-hybridized carbons (Fsp3) is 0.941. The van der Waals surface area contributed by atoms with Crippen LogP contribution < -0.4 is 0 Å². The van der Waals surface area contributed by atoms with Gasteiger partial charge >= 0.3 is 5.97 Å². The average molecular weight is 268 g/mol. The number of hydrogen-bond acceptors (Lipinski definition) is 1. The van der Waals surface area contributed by atoms with Crippen molar-refractivity contribution in [3.63, 3.8) is 0 Å². The number of carbonyl (C=O) groups is 1. The highest BCUT2D eigenvalue weighted by Crippen LogP contribution is 2.40. The van der Waals surface area contributed by atoms with E-state index in [1.54, 1.807) is 0 Å². The van der Waals surface area contributed by atoms with Crippen LogP contribution in [0.5, 0.6) is 0 Å². The normalized spacial score (nSPS) is 29.1. The Kier molecular flexibility index (Phi) is 7.48. The van der Waals surface area contributed by atoms with Crippen molar-refractivity contribution in [2.24, 2.45) is 23.7 Å². The molecule has 1 N–H and O–H groups in total. The number of carboxylic acid groups (broad SMARTS) is 1. The second-order valence-electron chi connectivity index (χ2n) is 6.44. The molecule has 0 heterocycles. The van der Waals surface area contributed by atoms with Crippen LogP contribution in [0.4, 0.5) is 0 Å². The Labute approximate surface area is 119 Å². The van der Waals surface area contributed by atoms with E-state index < -0.39 is 5.97 Å². The second-order valence-corrected chi connectivity index (χ2v) is 6.44. The first-order valence-electron chi connectivity index (χ1n) is 8.35. The molecule has 2 nitrogen and oxygen atoms in total. The van der Waals surface area contributed by atoms with Crippen LogP contribution in [0.3, 0.4) is 0 Å². The van der Waals surface area contributed by atoms with Gasteiger partial charge in [0.25, 0.3) is 0 Å². The van der Waals surface area contributed by atoms with E-state index in [1.807, 2.05) is 0 Å². The summed E-state index contributed by atoms with van der Waals surface area (Å²) in [5, 5.41) is 9.43. The lowest BCUT2D eigenvalue weighted by Crippen LogP contribution is -2.32. The van der Waals surface area contributed by atoms with Gasteiger partial charge in [-0.3, -0.25) is 4.79 Å². The molecule has 0 radical (unpaired) electrons. The number of rotatable bonds is 8. The van der Waals surface area contributed by atoms with Crippen molar-refractivity contribution in [3.8, 4) is 0 Å². The maximum Gasteiger partial charge on any atom is 0.306 e. The van der Waals surface area contributed by atoms with E-state index in [0.29, 0.717) is 5.92 Å². The van der Waals surface area contributed by atoms with Crippen LogP contribution in [0.25, 0.3) is 0 Å². The molecule has 1 saturated carbocycles. The number of aliphatic carboxylic acids is 1. The Balaban J connectivity index is 2.59. The van der Waals surface area contributed by atoms with Gasteiger partial charge in [-0.2, -0.15) is 0 Å². The van der Waals surface area contributed by atoms with Crippen LogP contribution in [-0.2, 0) is 4.79 Å². The minimum atomic E-state index is -0.551. The zero-order valence-corrected chi connectivity index (χ0v) is 13.0. The molecular weight excluding hydrogens is 236 g/mol. The van der Waals surface area contributed by atoms with E-state index in [9.17, 15) is 9.90 Å². The molecule has 112 valence electrons. The molecule has 0 saturated heterocycles. The Morgan fingerprint density at radius 2 is 2.00 bits per heavy atom. The fourth-order valence-electron chi connectivity index (χ4n) is 3.73. The van der Waals surface area contributed by atoms with Crippen molar-refractivity contribution in [1.82, 2.24) is 0 Å². The molecule has 4 atom stereocenters. The third kappa shape index (κ3) is 5.16. The highest BCUT2D eigenvalue weighted by molar-refractivity contribution is 5.70. The monoisotopic (exact) mass is 268 g/mol. The summed E-state index contributed by atoms with van der Waals surface area (Å²) in [7, 11) is 0. The van der Waals surface area contributed by atoms with Crippen LogP contribution in [0, 0.1) is 23.7 Å². The first kappa shape index (κ1) is 16.5. The summed E-state index contributed by atoms with van der Waals surface area (Å²) in [5.41, 5.74) is 0. The summed E-state index contributed by atoms with van der Waals surface area (Å²) in [6, 6.07) is 0. The largest absolute Gasteiger partial charge is 0.481 e. The molecular formula is C17H32O2. The second kappa shape index (κ2) is 8.60. The van der Waals surface area contributed by atoms with E-state index in [0.717, 1.165) is 37.5 Å². The topological polar surface area (TPSA) is 37.3 Å². The van der Waals surface area contributed by atoms with Crippen molar-refractivity contribution in [2.45, 2.75) is 78.6 Å². The molecule has 4 unspecified atom stereocenters. The van der Waals surface area contributed by atoms with Gasteiger partial charge in [0.05, 0.1) is 5.92 Å². The predicted octanol–water partition coefficient (Wildman–Crippen LogP) is 5.12.